The number of hydrogen-bond donors (Lipinski definition) is 0. The first-order valence-electron chi connectivity index (χ1n) is 16.0. The van der Waals surface area contributed by atoms with E-state index in [4.69, 9.17) is 9.31 Å². The summed E-state index contributed by atoms with van der Waals surface area (Å²) in [6.07, 6.45) is 0. The Hall–Kier alpha value is -6.20. The summed E-state index contributed by atoms with van der Waals surface area (Å²) in [7, 11) is -0.510. The summed E-state index contributed by atoms with van der Waals surface area (Å²) in [5.41, 5.74) is 12.5. The zero-order valence-electron chi connectivity index (χ0n) is 25.2. The lowest BCUT2D eigenvalue weighted by Crippen LogP contribution is -2.49. The molecule has 0 amide bonds. The summed E-state index contributed by atoms with van der Waals surface area (Å²) in [6, 6.07) is 54.2. The first-order chi connectivity index (χ1) is 23.3. The minimum Gasteiger partial charge on any atom is -0.521 e. The zero-order chi connectivity index (χ0) is 30.6. The molecule has 0 aliphatic carbocycles. The highest BCUT2D eigenvalue weighted by atomic mass is 16.6. The topological polar surface area (TPSA) is 28.3 Å². The van der Waals surface area contributed by atoms with Crippen LogP contribution in [0, 0.1) is 0 Å². The maximum Gasteiger partial charge on any atom is 0.633 e. The Bertz CT molecular complexity index is 2690. The Morgan fingerprint density at radius 1 is 0.383 bits per heavy atom. The maximum absolute atomic E-state index is 6.49. The lowest BCUT2D eigenvalue weighted by Gasteiger charge is -2.32. The molecule has 0 unspecified atom stereocenters. The third-order valence-corrected chi connectivity index (χ3v) is 9.96. The van der Waals surface area contributed by atoms with E-state index in [1.807, 2.05) is 24.3 Å². The van der Waals surface area contributed by atoms with Crippen LogP contribution in [0.25, 0.3) is 77.2 Å². The molecule has 0 fully saturated rings. The molecule has 0 N–H and O–H groups in total. The molecule has 0 atom stereocenters. The molecule has 2 aromatic heterocycles. The summed E-state index contributed by atoms with van der Waals surface area (Å²) in [5, 5.41) is 4.93. The van der Waals surface area contributed by atoms with Gasteiger partial charge in [-0.3, -0.25) is 0 Å². The molecule has 218 valence electrons. The molecule has 9 aromatic rings. The molecule has 0 radical (unpaired) electrons. The lowest BCUT2D eigenvalue weighted by molar-refractivity contribution is 0.436. The summed E-state index contributed by atoms with van der Waals surface area (Å²) in [5.74, 6) is 1.67. The summed E-state index contributed by atoms with van der Waals surface area (Å²) in [6.45, 7) is 0. The second-order valence-electron chi connectivity index (χ2n) is 12.4. The number of fused-ring (bicyclic) bond motifs is 11. The number of rotatable bonds is 2. The van der Waals surface area contributed by atoms with Gasteiger partial charge < -0.3 is 18.4 Å². The van der Waals surface area contributed by atoms with Gasteiger partial charge in [0.1, 0.15) is 11.5 Å². The maximum atomic E-state index is 6.49. The van der Waals surface area contributed by atoms with Gasteiger partial charge in [0.25, 0.3) is 0 Å². The van der Waals surface area contributed by atoms with Gasteiger partial charge in [0.2, 0.25) is 0 Å². The van der Waals surface area contributed by atoms with Crippen LogP contribution >= 0.6 is 0 Å². The summed E-state index contributed by atoms with van der Waals surface area (Å²) >= 11 is 0. The SMILES string of the molecule is c1ccc(-n2c3ccccc3c3ccc4c5ccccc5n(-c5cc6c7c(c5)-c5ccccc5OB7Oc5ccccc5-6)c4c32)cc1. The average Bonchev–Trinajstić information content (AvgIpc) is 3.65. The molecule has 7 aromatic carbocycles. The van der Waals surface area contributed by atoms with E-state index < -0.39 is 7.12 Å². The van der Waals surface area contributed by atoms with E-state index in [0.29, 0.717) is 0 Å². The molecule has 11 rings (SSSR count). The molecule has 47 heavy (non-hydrogen) atoms. The third-order valence-electron chi connectivity index (χ3n) is 9.96. The van der Waals surface area contributed by atoms with E-state index in [0.717, 1.165) is 50.6 Å². The Morgan fingerprint density at radius 3 is 1.43 bits per heavy atom. The van der Waals surface area contributed by atoms with Crippen molar-refractivity contribution in [1.29, 1.82) is 0 Å². The van der Waals surface area contributed by atoms with Crippen LogP contribution < -0.4 is 14.8 Å². The second-order valence-corrected chi connectivity index (χ2v) is 12.4. The normalized spacial score (nSPS) is 13.0. The van der Waals surface area contributed by atoms with Crippen LogP contribution in [0.4, 0.5) is 0 Å². The number of benzene rings is 7. The van der Waals surface area contributed by atoms with Crippen LogP contribution in [0.3, 0.4) is 0 Å². The van der Waals surface area contributed by atoms with Crippen LogP contribution in [0.2, 0.25) is 0 Å². The largest absolute Gasteiger partial charge is 0.633 e. The molecule has 4 heterocycles. The van der Waals surface area contributed by atoms with Crippen molar-refractivity contribution in [3.05, 3.63) is 152 Å². The summed E-state index contributed by atoms with van der Waals surface area (Å²) < 4.78 is 17.9. The van der Waals surface area contributed by atoms with Gasteiger partial charge in [-0.05, 0) is 59.7 Å². The molecule has 0 saturated carbocycles. The number of hydrogen-bond acceptors (Lipinski definition) is 2. The van der Waals surface area contributed by atoms with Crippen LogP contribution in [0.5, 0.6) is 11.5 Å². The molecule has 4 nitrogen and oxygen atoms in total. The van der Waals surface area contributed by atoms with Gasteiger partial charge in [-0.25, -0.2) is 0 Å². The number of para-hydroxylation sites is 5. The Balaban J connectivity index is 1.34. The smallest absolute Gasteiger partial charge is 0.521 e. The van der Waals surface area contributed by atoms with Gasteiger partial charge in [0, 0.05) is 49.5 Å². The van der Waals surface area contributed by atoms with Crippen molar-refractivity contribution in [1.82, 2.24) is 9.13 Å². The van der Waals surface area contributed by atoms with Gasteiger partial charge in [-0.1, -0.05) is 103 Å². The van der Waals surface area contributed by atoms with E-state index in [1.54, 1.807) is 0 Å². The quantitative estimate of drug-likeness (QED) is 0.185. The molecular weight excluding hydrogens is 575 g/mol. The van der Waals surface area contributed by atoms with Gasteiger partial charge in [-0.2, -0.15) is 0 Å². The predicted octanol–water partition coefficient (Wildman–Crippen LogP) is 9.69. The van der Waals surface area contributed by atoms with Crippen molar-refractivity contribution < 1.29 is 9.31 Å². The highest BCUT2D eigenvalue weighted by molar-refractivity contribution is 6.68. The van der Waals surface area contributed by atoms with E-state index in [9.17, 15) is 0 Å². The molecule has 0 spiro atoms. The first kappa shape index (κ1) is 25.0. The Morgan fingerprint density at radius 2 is 0.851 bits per heavy atom. The van der Waals surface area contributed by atoms with Gasteiger partial charge in [0.15, 0.2) is 0 Å². The molecule has 2 aliphatic rings. The van der Waals surface area contributed by atoms with Crippen molar-refractivity contribution in [2.24, 2.45) is 0 Å². The molecule has 0 bridgehead atoms. The zero-order valence-corrected chi connectivity index (χ0v) is 25.2. The monoisotopic (exact) mass is 600 g/mol. The van der Waals surface area contributed by atoms with Crippen molar-refractivity contribution in [2.75, 3.05) is 0 Å². The Kier molecular flexibility index (Phi) is 4.89. The van der Waals surface area contributed by atoms with Crippen LogP contribution in [0.1, 0.15) is 0 Å². The van der Waals surface area contributed by atoms with Gasteiger partial charge in [0.05, 0.1) is 22.1 Å². The van der Waals surface area contributed by atoms with E-state index in [-0.39, 0.29) is 0 Å². The first-order valence-corrected chi connectivity index (χ1v) is 16.0. The summed E-state index contributed by atoms with van der Waals surface area (Å²) in [4.78, 5) is 0. The molecule has 5 heteroatoms. The van der Waals surface area contributed by atoms with Crippen LogP contribution in [-0.2, 0) is 0 Å². The van der Waals surface area contributed by atoms with Crippen molar-refractivity contribution in [3.63, 3.8) is 0 Å². The minimum absolute atomic E-state index is 0.510. The van der Waals surface area contributed by atoms with Crippen molar-refractivity contribution in [3.8, 4) is 45.1 Å². The van der Waals surface area contributed by atoms with Gasteiger partial charge >= 0.3 is 7.12 Å². The fraction of sp³-hybridized carbons (Fsp3) is 0. The van der Waals surface area contributed by atoms with E-state index >= 15 is 0 Å². The van der Waals surface area contributed by atoms with Crippen LogP contribution in [0.15, 0.2) is 152 Å². The predicted molar refractivity (Wildman–Crippen MR) is 193 cm³/mol. The van der Waals surface area contributed by atoms with E-state index in [1.165, 1.54) is 43.6 Å². The fourth-order valence-electron chi connectivity index (χ4n) is 8.04. The molecule has 0 saturated heterocycles. The molecular formula is C42H25BN2O2. The highest BCUT2D eigenvalue weighted by Crippen LogP contribution is 2.45. The third kappa shape index (κ3) is 3.32. The van der Waals surface area contributed by atoms with E-state index in [2.05, 4.69) is 137 Å². The van der Waals surface area contributed by atoms with Crippen molar-refractivity contribution >= 4 is 56.2 Å². The molecule has 2 aliphatic heterocycles. The van der Waals surface area contributed by atoms with Crippen molar-refractivity contribution in [2.45, 2.75) is 0 Å². The fourth-order valence-corrected chi connectivity index (χ4v) is 8.04. The Labute approximate surface area is 270 Å². The van der Waals surface area contributed by atoms with Crippen LogP contribution in [-0.4, -0.2) is 16.3 Å². The standard InChI is InChI=1S/C42H25BN2O2/c1-2-12-26(13-3-1)44-36-18-8-4-14-28(36)32-22-23-33-29-15-5-9-19-37(29)45(42(33)41(32)44)27-24-34-30-16-6-10-20-38(30)46-43-40(34)35(25-27)31-17-7-11-21-39(31)47-43/h1-25H. The minimum atomic E-state index is -0.510. The number of nitrogens with zero attached hydrogens (tertiary/aromatic N) is 2. The lowest BCUT2D eigenvalue weighted by atomic mass is 9.66. The number of aromatic nitrogens is 2. The van der Waals surface area contributed by atoms with Gasteiger partial charge in [-0.15, -0.1) is 0 Å². The average molecular weight is 600 g/mol. The second kappa shape index (κ2) is 9.18. The highest BCUT2D eigenvalue weighted by Gasteiger charge is 2.42.